The molecule has 23 heavy (non-hydrogen) atoms. The summed E-state index contributed by atoms with van der Waals surface area (Å²) in [6.45, 7) is 0.488. The van der Waals surface area contributed by atoms with E-state index in [0.717, 1.165) is 0 Å². The number of methoxy groups -OCH3 is 1. The van der Waals surface area contributed by atoms with Crippen LogP contribution >= 0.6 is 0 Å². The number of carbonyl (C=O) groups is 3. The molecule has 1 aromatic carbocycles. The Morgan fingerprint density at radius 2 is 1.91 bits per heavy atom. The average molecular weight is 319 g/mol. The minimum absolute atomic E-state index is 0.0309. The van der Waals surface area contributed by atoms with E-state index >= 15 is 0 Å². The van der Waals surface area contributed by atoms with E-state index in [1.54, 1.807) is 31.4 Å². The van der Waals surface area contributed by atoms with Crippen LogP contribution in [0.15, 0.2) is 24.3 Å². The number of ketones is 1. The van der Waals surface area contributed by atoms with E-state index in [9.17, 15) is 14.4 Å². The van der Waals surface area contributed by atoms with Gasteiger partial charge in [0.25, 0.3) is 0 Å². The first kappa shape index (κ1) is 17.0. The fourth-order valence-electron chi connectivity index (χ4n) is 2.79. The van der Waals surface area contributed by atoms with E-state index < -0.39 is 12.0 Å². The number of ether oxygens (including phenoxy) is 1. The first-order valence-corrected chi connectivity index (χ1v) is 7.72. The predicted molar refractivity (Wildman–Crippen MR) is 83.5 cm³/mol. The largest absolute Gasteiger partial charge is 0.497 e. The van der Waals surface area contributed by atoms with Gasteiger partial charge in [-0.15, -0.1) is 0 Å². The molecule has 0 aliphatic carbocycles. The summed E-state index contributed by atoms with van der Waals surface area (Å²) in [6, 6.07) is 6.13. The molecule has 1 aliphatic heterocycles. The molecule has 1 saturated heterocycles. The maximum absolute atomic E-state index is 12.1. The second-order valence-electron chi connectivity index (χ2n) is 5.59. The van der Waals surface area contributed by atoms with Gasteiger partial charge < -0.3 is 14.7 Å². The SMILES string of the molecule is COc1ccc(C(=O)CCCC(=O)N2CCC[C@H]2C(=O)O)cc1. The molecule has 1 amide bonds. The van der Waals surface area contributed by atoms with Gasteiger partial charge >= 0.3 is 5.97 Å². The van der Waals surface area contributed by atoms with Gasteiger partial charge in [0, 0.05) is 24.9 Å². The van der Waals surface area contributed by atoms with E-state index in [2.05, 4.69) is 0 Å². The lowest BCUT2D eigenvalue weighted by Crippen LogP contribution is -2.40. The lowest BCUT2D eigenvalue weighted by molar-refractivity contribution is -0.148. The molecule has 1 N–H and O–H groups in total. The number of hydrogen-bond donors (Lipinski definition) is 1. The van der Waals surface area contributed by atoms with Crippen LogP contribution in [0.1, 0.15) is 42.5 Å². The normalized spacial score (nSPS) is 17.1. The summed E-state index contributed by atoms with van der Waals surface area (Å²) < 4.78 is 5.04. The van der Waals surface area contributed by atoms with Crippen molar-refractivity contribution < 1.29 is 24.2 Å². The van der Waals surface area contributed by atoms with E-state index in [1.165, 1.54) is 4.90 Å². The fraction of sp³-hybridized carbons (Fsp3) is 0.471. The molecule has 1 aliphatic rings. The summed E-state index contributed by atoms with van der Waals surface area (Å²) in [6.07, 6.45) is 2.11. The third-order valence-corrected chi connectivity index (χ3v) is 4.06. The highest BCUT2D eigenvalue weighted by atomic mass is 16.5. The van der Waals surface area contributed by atoms with Crippen molar-refractivity contribution in [3.63, 3.8) is 0 Å². The number of carboxylic acid groups (broad SMARTS) is 1. The Morgan fingerprint density at radius 1 is 1.22 bits per heavy atom. The minimum atomic E-state index is -0.954. The zero-order valence-electron chi connectivity index (χ0n) is 13.2. The van der Waals surface area contributed by atoms with Gasteiger partial charge in [-0.2, -0.15) is 0 Å². The molecule has 1 aromatic rings. The summed E-state index contributed by atoms with van der Waals surface area (Å²) in [7, 11) is 1.56. The highest BCUT2D eigenvalue weighted by Crippen LogP contribution is 2.20. The van der Waals surface area contributed by atoms with Crippen LogP contribution in [0.25, 0.3) is 0 Å². The first-order valence-electron chi connectivity index (χ1n) is 7.72. The van der Waals surface area contributed by atoms with Crippen LogP contribution in [-0.2, 0) is 9.59 Å². The van der Waals surface area contributed by atoms with Crippen molar-refractivity contribution in [3.05, 3.63) is 29.8 Å². The molecule has 6 heteroatoms. The van der Waals surface area contributed by atoms with Crippen molar-refractivity contribution in [2.45, 2.75) is 38.1 Å². The second kappa shape index (κ2) is 7.76. The molecule has 0 spiro atoms. The Balaban J connectivity index is 1.80. The molecule has 124 valence electrons. The molecule has 0 bridgehead atoms. The Kier molecular flexibility index (Phi) is 5.73. The number of nitrogens with zero attached hydrogens (tertiary/aromatic N) is 1. The van der Waals surface area contributed by atoms with Crippen molar-refractivity contribution in [1.29, 1.82) is 0 Å². The predicted octanol–water partition coefficient (Wildman–Crippen LogP) is 2.12. The quantitative estimate of drug-likeness (QED) is 0.778. The summed E-state index contributed by atoms with van der Waals surface area (Å²) in [5.41, 5.74) is 0.586. The molecule has 0 aromatic heterocycles. The van der Waals surface area contributed by atoms with Crippen LogP contribution in [0.4, 0.5) is 0 Å². The van der Waals surface area contributed by atoms with Gasteiger partial charge in [0.15, 0.2) is 5.78 Å². The van der Waals surface area contributed by atoms with E-state index in [0.29, 0.717) is 37.1 Å². The molecule has 6 nitrogen and oxygen atoms in total. The van der Waals surface area contributed by atoms with E-state index in [4.69, 9.17) is 9.84 Å². The number of amides is 1. The van der Waals surface area contributed by atoms with Gasteiger partial charge in [-0.25, -0.2) is 4.79 Å². The van der Waals surface area contributed by atoms with Crippen LogP contribution < -0.4 is 4.74 Å². The molecule has 0 radical (unpaired) electrons. The lowest BCUT2D eigenvalue weighted by Gasteiger charge is -2.21. The van der Waals surface area contributed by atoms with Crippen molar-refractivity contribution in [1.82, 2.24) is 4.90 Å². The number of benzene rings is 1. The molecular weight excluding hydrogens is 298 g/mol. The van der Waals surface area contributed by atoms with E-state index in [1.807, 2.05) is 0 Å². The van der Waals surface area contributed by atoms with Crippen LogP contribution in [0.2, 0.25) is 0 Å². The second-order valence-corrected chi connectivity index (χ2v) is 5.59. The van der Waals surface area contributed by atoms with Gasteiger partial charge in [0.1, 0.15) is 11.8 Å². The number of carboxylic acids is 1. The third-order valence-electron chi connectivity index (χ3n) is 4.06. The monoisotopic (exact) mass is 319 g/mol. The van der Waals surface area contributed by atoms with Crippen LogP contribution in [-0.4, -0.2) is 47.4 Å². The Bertz CT molecular complexity index is 581. The summed E-state index contributed by atoms with van der Waals surface area (Å²) >= 11 is 0. The smallest absolute Gasteiger partial charge is 0.326 e. The summed E-state index contributed by atoms with van der Waals surface area (Å²) in [4.78, 5) is 36.7. The molecule has 2 rings (SSSR count). The Hall–Kier alpha value is -2.37. The van der Waals surface area contributed by atoms with Gasteiger partial charge in [0.2, 0.25) is 5.91 Å². The van der Waals surface area contributed by atoms with Crippen molar-refractivity contribution in [3.8, 4) is 5.75 Å². The van der Waals surface area contributed by atoms with Crippen LogP contribution in [0.3, 0.4) is 0 Å². The average Bonchev–Trinajstić information content (AvgIpc) is 3.04. The first-order chi connectivity index (χ1) is 11.0. The number of Topliss-reactive ketones (excluding diaryl/α,β-unsaturated/α-hetero) is 1. The van der Waals surface area contributed by atoms with E-state index in [-0.39, 0.29) is 24.5 Å². The van der Waals surface area contributed by atoms with Gasteiger partial charge in [-0.3, -0.25) is 9.59 Å². The van der Waals surface area contributed by atoms with Crippen LogP contribution in [0.5, 0.6) is 5.75 Å². The number of aliphatic carboxylic acids is 1. The maximum atomic E-state index is 12.1. The molecule has 0 saturated carbocycles. The number of hydrogen-bond acceptors (Lipinski definition) is 4. The zero-order chi connectivity index (χ0) is 16.8. The number of likely N-dealkylation sites (tertiary alicyclic amines) is 1. The number of carbonyl (C=O) groups excluding carboxylic acids is 2. The van der Waals surface area contributed by atoms with Crippen molar-refractivity contribution in [2.24, 2.45) is 0 Å². The topological polar surface area (TPSA) is 83.9 Å². The molecule has 1 heterocycles. The van der Waals surface area contributed by atoms with Crippen molar-refractivity contribution in [2.75, 3.05) is 13.7 Å². The Labute approximate surface area is 135 Å². The zero-order valence-corrected chi connectivity index (χ0v) is 13.2. The summed E-state index contributed by atoms with van der Waals surface area (Å²) in [5.74, 6) is -0.482. The highest BCUT2D eigenvalue weighted by Gasteiger charge is 2.33. The van der Waals surface area contributed by atoms with Crippen LogP contribution in [0, 0.1) is 0 Å². The summed E-state index contributed by atoms with van der Waals surface area (Å²) in [5, 5.41) is 9.08. The number of rotatable bonds is 7. The molecule has 0 unspecified atom stereocenters. The van der Waals surface area contributed by atoms with Gasteiger partial charge in [0.05, 0.1) is 7.11 Å². The lowest BCUT2D eigenvalue weighted by atomic mass is 10.0. The van der Waals surface area contributed by atoms with Crippen molar-refractivity contribution >= 4 is 17.7 Å². The Morgan fingerprint density at radius 3 is 2.52 bits per heavy atom. The standard InChI is InChI=1S/C17H21NO5/c1-23-13-9-7-12(8-10-13)15(19)5-2-6-16(20)18-11-3-4-14(18)17(21)22/h7-10,14H,2-6,11H2,1H3,(H,21,22)/t14-/m0/s1. The molecular formula is C17H21NO5. The third kappa shape index (κ3) is 4.31. The van der Waals surface area contributed by atoms with Gasteiger partial charge in [-0.05, 0) is 43.5 Å². The highest BCUT2D eigenvalue weighted by molar-refractivity contribution is 5.96. The molecule has 1 atom stereocenters. The maximum Gasteiger partial charge on any atom is 0.326 e. The van der Waals surface area contributed by atoms with Gasteiger partial charge in [-0.1, -0.05) is 0 Å². The fourth-order valence-corrected chi connectivity index (χ4v) is 2.79. The molecule has 1 fully saturated rings. The minimum Gasteiger partial charge on any atom is -0.497 e.